The van der Waals surface area contributed by atoms with Crippen molar-refractivity contribution in [3.05, 3.63) is 84.4 Å². The molecule has 0 unspecified atom stereocenters. The molecule has 0 saturated heterocycles. The molecule has 0 radical (unpaired) electrons. The highest BCUT2D eigenvalue weighted by Gasteiger charge is 2.26. The van der Waals surface area contributed by atoms with Gasteiger partial charge in [-0.3, -0.25) is 9.79 Å². The van der Waals surface area contributed by atoms with E-state index in [0.29, 0.717) is 5.84 Å². The number of nitrogens with zero attached hydrogens (tertiary/aromatic N) is 3. The van der Waals surface area contributed by atoms with Gasteiger partial charge in [-0.25, -0.2) is 9.98 Å². The van der Waals surface area contributed by atoms with Crippen LogP contribution in [0.5, 0.6) is 0 Å². The maximum absolute atomic E-state index is 12.9. The number of para-hydroxylation sites is 3. The molecule has 3 aromatic carbocycles. The van der Waals surface area contributed by atoms with Crippen molar-refractivity contribution in [1.82, 2.24) is 10.3 Å². The first-order chi connectivity index (χ1) is 15.7. The molecule has 0 saturated carbocycles. The van der Waals surface area contributed by atoms with E-state index in [1.807, 2.05) is 85.8 Å². The van der Waals surface area contributed by atoms with Gasteiger partial charge >= 0.3 is 0 Å². The zero-order chi connectivity index (χ0) is 21.9. The van der Waals surface area contributed by atoms with Gasteiger partial charge in [0.25, 0.3) is 0 Å². The Morgan fingerprint density at radius 3 is 2.41 bits per heavy atom. The van der Waals surface area contributed by atoms with Crippen LogP contribution < -0.4 is 5.32 Å². The van der Waals surface area contributed by atoms with Crippen LogP contribution in [0.25, 0.3) is 10.2 Å². The molecule has 1 amide bonds. The van der Waals surface area contributed by atoms with E-state index in [9.17, 15) is 4.79 Å². The molecular weight excluding hydrogens is 436 g/mol. The van der Waals surface area contributed by atoms with Crippen LogP contribution in [0.3, 0.4) is 0 Å². The molecule has 1 atom stereocenters. The van der Waals surface area contributed by atoms with E-state index in [1.165, 1.54) is 11.8 Å². The summed E-state index contributed by atoms with van der Waals surface area (Å²) >= 11 is 3.04. The standard InChI is InChI=1S/C25H20N4OS2/c1-16-23(17-9-3-2-4-10-17)24(27-19-12-6-5-11-18(19)26-16)29-22(30)15-31-25-28-20-13-7-8-14-21(20)32-25/h2-14,23H,15H2,1H3,(H,27,29,30)/t23-/m0/s1. The Bertz CT molecular complexity index is 1310. The molecular formula is C25H20N4OS2. The van der Waals surface area contributed by atoms with Crippen LogP contribution in [0.4, 0.5) is 11.4 Å². The largest absolute Gasteiger partial charge is 0.313 e. The second kappa shape index (κ2) is 9.06. The number of aliphatic imine (C=N–C) groups is 2. The lowest BCUT2D eigenvalue weighted by Crippen LogP contribution is -2.38. The monoisotopic (exact) mass is 456 g/mol. The average Bonchev–Trinajstić information content (AvgIpc) is 3.17. The van der Waals surface area contributed by atoms with Crippen LogP contribution in [-0.4, -0.2) is 28.2 Å². The molecule has 2 heterocycles. The fraction of sp³-hybridized carbons (Fsp3) is 0.120. The number of thiazole rings is 1. The van der Waals surface area contributed by atoms with Crippen molar-refractivity contribution in [2.45, 2.75) is 17.2 Å². The Kier molecular flexibility index (Phi) is 5.83. The summed E-state index contributed by atoms with van der Waals surface area (Å²) in [7, 11) is 0. The Morgan fingerprint density at radius 1 is 0.938 bits per heavy atom. The zero-order valence-electron chi connectivity index (χ0n) is 17.4. The van der Waals surface area contributed by atoms with E-state index in [-0.39, 0.29) is 17.6 Å². The number of thioether (sulfide) groups is 1. The van der Waals surface area contributed by atoms with Gasteiger partial charge < -0.3 is 5.32 Å². The highest BCUT2D eigenvalue weighted by atomic mass is 32.2. The molecule has 5 nitrogen and oxygen atoms in total. The van der Waals surface area contributed by atoms with Gasteiger partial charge in [-0.05, 0) is 36.8 Å². The lowest BCUT2D eigenvalue weighted by molar-refractivity contribution is -0.117. The molecule has 0 spiro atoms. The van der Waals surface area contributed by atoms with Crippen LogP contribution >= 0.6 is 23.1 Å². The van der Waals surface area contributed by atoms with Crippen molar-refractivity contribution in [1.29, 1.82) is 0 Å². The number of rotatable bonds is 4. The molecule has 1 aliphatic heterocycles. The first-order valence-electron chi connectivity index (χ1n) is 10.2. The molecule has 1 aromatic heterocycles. The van der Waals surface area contributed by atoms with E-state index in [1.54, 1.807) is 11.3 Å². The number of amides is 1. The smallest absolute Gasteiger partial charge is 0.235 e. The molecule has 4 aromatic rings. The SMILES string of the molecule is CC1=Nc2ccccc2N=C(NC(=O)CSc2nc3ccccc3s2)[C@@H]1c1ccccc1. The molecule has 0 fully saturated rings. The summed E-state index contributed by atoms with van der Waals surface area (Å²) < 4.78 is 2.00. The van der Waals surface area contributed by atoms with Crippen molar-refractivity contribution in [3.63, 3.8) is 0 Å². The quantitative estimate of drug-likeness (QED) is 0.376. The van der Waals surface area contributed by atoms with Crippen LogP contribution in [0.2, 0.25) is 0 Å². The normalized spacial score (nSPS) is 15.5. The molecule has 0 aliphatic carbocycles. The summed E-state index contributed by atoms with van der Waals surface area (Å²) in [4.78, 5) is 27.2. The van der Waals surface area contributed by atoms with E-state index in [2.05, 4.69) is 10.3 Å². The fourth-order valence-corrected chi connectivity index (χ4v) is 5.53. The number of carbonyl (C=O) groups excluding carboxylic acids is 1. The molecule has 7 heteroatoms. The van der Waals surface area contributed by atoms with Gasteiger partial charge in [0.2, 0.25) is 5.91 Å². The summed E-state index contributed by atoms with van der Waals surface area (Å²) in [6.45, 7) is 1.98. The van der Waals surface area contributed by atoms with Crippen LogP contribution in [0, 0.1) is 0 Å². The second-order valence-corrected chi connectivity index (χ2v) is 9.62. The van der Waals surface area contributed by atoms with E-state index in [0.717, 1.165) is 37.2 Å². The third kappa shape index (κ3) is 4.35. The lowest BCUT2D eigenvalue weighted by Gasteiger charge is -2.19. The number of nitrogens with one attached hydrogen (secondary N) is 1. The van der Waals surface area contributed by atoms with Gasteiger partial charge in [-0.15, -0.1) is 11.3 Å². The maximum Gasteiger partial charge on any atom is 0.235 e. The summed E-state index contributed by atoms with van der Waals surface area (Å²) in [5.74, 6) is 0.525. The third-order valence-electron chi connectivity index (χ3n) is 5.11. The van der Waals surface area contributed by atoms with Gasteiger partial charge in [-0.2, -0.15) is 0 Å². The summed E-state index contributed by atoms with van der Waals surface area (Å²) in [6, 6.07) is 25.8. The third-order valence-corrected chi connectivity index (χ3v) is 7.29. The van der Waals surface area contributed by atoms with Crippen LogP contribution in [-0.2, 0) is 4.79 Å². The minimum atomic E-state index is -0.222. The predicted octanol–water partition coefficient (Wildman–Crippen LogP) is 6.12. The van der Waals surface area contributed by atoms with Crippen LogP contribution in [0.15, 0.2) is 93.2 Å². The Labute approximate surface area is 194 Å². The minimum absolute atomic E-state index is 0.110. The van der Waals surface area contributed by atoms with Gasteiger partial charge in [-0.1, -0.05) is 66.4 Å². The topological polar surface area (TPSA) is 66.7 Å². The summed E-state index contributed by atoms with van der Waals surface area (Å²) in [5.41, 5.74) is 4.44. The van der Waals surface area contributed by atoms with Crippen molar-refractivity contribution in [3.8, 4) is 0 Å². The van der Waals surface area contributed by atoms with Crippen LogP contribution in [0.1, 0.15) is 18.4 Å². The molecule has 0 bridgehead atoms. The van der Waals surface area contributed by atoms with Gasteiger partial charge in [0.05, 0.1) is 33.3 Å². The molecule has 1 aliphatic rings. The first-order valence-corrected chi connectivity index (χ1v) is 12.0. The lowest BCUT2D eigenvalue weighted by atomic mass is 9.93. The van der Waals surface area contributed by atoms with Crippen molar-refractivity contribution >= 4 is 62.1 Å². The maximum atomic E-state index is 12.9. The minimum Gasteiger partial charge on any atom is -0.313 e. The Morgan fingerprint density at radius 2 is 1.62 bits per heavy atom. The highest BCUT2D eigenvalue weighted by molar-refractivity contribution is 8.01. The first kappa shape index (κ1) is 20.6. The fourth-order valence-electron chi connectivity index (χ4n) is 3.66. The second-order valence-electron chi connectivity index (χ2n) is 7.37. The average molecular weight is 457 g/mol. The predicted molar refractivity (Wildman–Crippen MR) is 134 cm³/mol. The molecule has 1 N–H and O–H groups in total. The number of amidine groups is 1. The summed E-state index contributed by atoms with van der Waals surface area (Å²) in [5, 5.41) is 3.07. The number of carbonyl (C=O) groups is 1. The molecule has 158 valence electrons. The van der Waals surface area contributed by atoms with E-state index < -0.39 is 0 Å². The number of aromatic nitrogens is 1. The van der Waals surface area contributed by atoms with Gasteiger partial charge in [0.1, 0.15) is 5.84 Å². The molecule has 32 heavy (non-hydrogen) atoms. The van der Waals surface area contributed by atoms with Gasteiger partial charge in [0.15, 0.2) is 4.34 Å². The number of hydrogen-bond acceptors (Lipinski definition) is 6. The number of benzene rings is 3. The zero-order valence-corrected chi connectivity index (χ0v) is 19.0. The molecule has 5 rings (SSSR count). The van der Waals surface area contributed by atoms with Crippen molar-refractivity contribution < 1.29 is 4.79 Å². The Hall–Kier alpha value is -3.29. The number of hydrogen-bond donors (Lipinski definition) is 1. The highest BCUT2D eigenvalue weighted by Crippen LogP contribution is 2.34. The number of fused-ring (bicyclic) bond motifs is 2. The van der Waals surface area contributed by atoms with Gasteiger partial charge in [0, 0.05) is 5.71 Å². The van der Waals surface area contributed by atoms with Crippen molar-refractivity contribution in [2.24, 2.45) is 9.98 Å². The van der Waals surface area contributed by atoms with E-state index in [4.69, 9.17) is 9.98 Å². The summed E-state index contributed by atoms with van der Waals surface area (Å²) in [6.07, 6.45) is 0. The van der Waals surface area contributed by atoms with E-state index >= 15 is 0 Å². The van der Waals surface area contributed by atoms with Crippen molar-refractivity contribution in [2.75, 3.05) is 5.75 Å². The Balaban J connectivity index is 1.40.